The monoisotopic (exact) mass is 483 g/mol. The quantitative estimate of drug-likeness (QED) is 0.615. The van der Waals surface area contributed by atoms with Crippen molar-refractivity contribution in [3.05, 3.63) is 63.6 Å². The molecule has 0 saturated heterocycles. The van der Waals surface area contributed by atoms with Gasteiger partial charge in [0, 0.05) is 22.1 Å². The molecule has 2 aromatic rings. The molecule has 1 unspecified atom stereocenters. The molecule has 1 aliphatic carbocycles. The number of aliphatic hydroxyl groups is 1. The maximum absolute atomic E-state index is 13.9. The summed E-state index contributed by atoms with van der Waals surface area (Å²) in [4.78, 5) is 24.2. The van der Waals surface area contributed by atoms with Gasteiger partial charge < -0.3 is 15.2 Å². The molecule has 1 atom stereocenters. The van der Waals surface area contributed by atoms with Crippen LogP contribution in [0.2, 0.25) is 0 Å². The van der Waals surface area contributed by atoms with E-state index in [1.807, 2.05) is 0 Å². The van der Waals surface area contributed by atoms with Crippen LogP contribution < -0.4 is 5.32 Å². The third kappa shape index (κ3) is 3.60. The molecule has 0 bridgehead atoms. The minimum Gasteiger partial charge on any atom is -0.457 e. The molecule has 4 rings (SSSR count). The van der Waals surface area contributed by atoms with Crippen molar-refractivity contribution in [3.63, 3.8) is 0 Å². The number of amides is 1. The van der Waals surface area contributed by atoms with Gasteiger partial charge in [-0.25, -0.2) is 4.79 Å². The Morgan fingerprint density at radius 1 is 1.20 bits per heavy atom. The molecule has 1 fully saturated rings. The van der Waals surface area contributed by atoms with Crippen molar-refractivity contribution in [3.8, 4) is 0 Å². The fourth-order valence-corrected chi connectivity index (χ4v) is 4.18. The number of benzene rings is 2. The number of esters is 1. The summed E-state index contributed by atoms with van der Waals surface area (Å²) in [6, 6.07) is 10.9. The number of fused-ring (bicyclic) bond motifs is 1. The Bertz CT molecular complexity index is 1040. The first-order valence-corrected chi connectivity index (χ1v) is 10.0. The predicted octanol–water partition coefficient (Wildman–Crippen LogP) is 4.47. The van der Waals surface area contributed by atoms with E-state index in [-0.39, 0.29) is 12.3 Å². The Morgan fingerprint density at radius 3 is 2.57 bits per heavy atom. The average molecular weight is 484 g/mol. The lowest BCUT2D eigenvalue weighted by Gasteiger charge is -2.33. The fraction of sp³-hybridized carbons (Fsp3) is 0.333. The molecule has 0 radical (unpaired) electrons. The van der Waals surface area contributed by atoms with Crippen LogP contribution in [0.5, 0.6) is 0 Å². The van der Waals surface area contributed by atoms with Gasteiger partial charge in [-0.15, -0.1) is 0 Å². The number of alkyl halides is 3. The van der Waals surface area contributed by atoms with E-state index >= 15 is 0 Å². The Morgan fingerprint density at radius 2 is 1.93 bits per heavy atom. The van der Waals surface area contributed by atoms with Crippen LogP contribution in [-0.2, 0) is 21.6 Å². The van der Waals surface area contributed by atoms with E-state index in [0.29, 0.717) is 34.0 Å². The van der Waals surface area contributed by atoms with Gasteiger partial charge >= 0.3 is 12.1 Å². The normalized spacial score (nSPS) is 18.9. The van der Waals surface area contributed by atoms with Gasteiger partial charge in [0.1, 0.15) is 6.61 Å². The molecule has 158 valence electrons. The lowest BCUT2D eigenvalue weighted by molar-refractivity contribution is -0.253. The number of ether oxygens (including phenoxy) is 1. The summed E-state index contributed by atoms with van der Waals surface area (Å²) in [5.74, 6) is -2.08. The molecule has 1 heterocycles. The van der Waals surface area contributed by atoms with E-state index in [2.05, 4.69) is 21.2 Å². The van der Waals surface area contributed by atoms with Crippen molar-refractivity contribution in [2.75, 3.05) is 5.32 Å². The number of anilines is 1. The summed E-state index contributed by atoms with van der Waals surface area (Å²) in [6.07, 6.45) is -5.08. The molecule has 1 amide bonds. The van der Waals surface area contributed by atoms with Gasteiger partial charge in [-0.1, -0.05) is 28.1 Å². The molecular weight excluding hydrogens is 467 g/mol. The van der Waals surface area contributed by atoms with Crippen molar-refractivity contribution in [2.45, 2.75) is 43.1 Å². The first-order valence-electron chi connectivity index (χ1n) is 9.21. The maximum atomic E-state index is 13.9. The molecule has 5 nitrogen and oxygen atoms in total. The van der Waals surface area contributed by atoms with Gasteiger partial charge in [-0.2, -0.15) is 13.2 Å². The van der Waals surface area contributed by atoms with E-state index in [4.69, 9.17) is 4.74 Å². The minimum atomic E-state index is -5.17. The van der Waals surface area contributed by atoms with E-state index < -0.39 is 35.5 Å². The largest absolute Gasteiger partial charge is 0.457 e. The number of rotatable bonds is 5. The zero-order valence-electron chi connectivity index (χ0n) is 15.6. The summed E-state index contributed by atoms with van der Waals surface area (Å²) in [6.45, 7) is -0.0204. The van der Waals surface area contributed by atoms with Gasteiger partial charge in [-0.3, -0.25) is 4.79 Å². The average Bonchev–Trinajstić information content (AvgIpc) is 3.37. The number of halogens is 4. The third-order valence-electron chi connectivity index (χ3n) is 5.67. The molecule has 1 saturated carbocycles. The van der Waals surface area contributed by atoms with Crippen LogP contribution in [0.1, 0.15) is 40.7 Å². The molecule has 0 aromatic heterocycles. The van der Waals surface area contributed by atoms with Crippen LogP contribution in [0.15, 0.2) is 46.9 Å². The standard InChI is InChI=1S/C21H17BrF3NO4/c22-14-3-1-2-13(9-14)19(6-7-19)11-20(29,21(23,24)25)18(28)26-15-4-5-16-12(8-15)10-30-17(16)27/h1-5,8-9,29H,6-7,10-11H2,(H,26,28). The van der Waals surface area contributed by atoms with Crippen molar-refractivity contribution in [2.24, 2.45) is 0 Å². The lowest BCUT2D eigenvalue weighted by atomic mass is 9.82. The fourth-order valence-electron chi connectivity index (χ4n) is 3.78. The van der Waals surface area contributed by atoms with Crippen molar-refractivity contribution in [1.82, 2.24) is 0 Å². The van der Waals surface area contributed by atoms with E-state index in [1.54, 1.807) is 24.3 Å². The summed E-state index contributed by atoms with van der Waals surface area (Å²) in [5.41, 5.74) is -3.06. The first-order chi connectivity index (χ1) is 14.0. The molecule has 2 aromatic carbocycles. The first kappa shape index (κ1) is 20.9. The summed E-state index contributed by atoms with van der Waals surface area (Å²) in [7, 11) is 0. The maximum Gasteiger partial charge on any atom is 0.426 e. The number of nitrogens with one attached hydrogen (secondary N) is 1. The topological polar surface area (TPSA) is 75.6 Å². The second-order valence-electron chi connectivity index (χ2n) is 7.73. The molecular formula is C21H17BrF3NO4. The summed E-state index contributed by atoms with van der Waals surface area (Å²) >= 11 is 3.31. The predicted molar refractivity (Wildman–Crippen MR) is 105 cm³/mol. The third-order valence-corrected chi connectivity index (χ3v) is 6.16. The number of carbonyl (C=O) groups excluding carboxylic acids is 2. The zero-order chi connectivity index (χ0) is 21.7. The van der Waals surface area contributed by atoms with Gasteiger partial charge in [0.25, 0.3) is 5.91 Å². The van der Waals surface area contributed by atoms with Gasteiger partial charge in [0.2, 0.25) is 5.60 Å². The number of cyclic esters (lactones) is 1. The highest BCUT2D eigenvalue weighted by atomic mass is 79.9. The molecule has 2 aliphatic rings. The second kappa shape index (κ2) is 7.09. The number of hydrogen-bond donors (Lipinski definition) is 2. The molecule has 0 spiro atoms. The highest BCUT2D eigenvalue weighted by Gasteiger charge is 2.64. The van der Waals surface area contributed by atoms with Crippen molar-refractivity contribution in [1.29, 1.82) is 0 Å². The Labute approximate surface area is 178 Å². The highest BCUT2D eigenvalue weighted by molar-refractivity contribution is 9.10. The lowest BCUT2D eigenvalue weighted by Crippen LogP contribution is -2.56. The Hall–Kier alpha value is -2.39. The van der Waals surface area contributed by atoms with Crippen molar-refractivity contribution >= 4 is 33.5 Å². The second-order valence-corrected chi connectivity index (χ2v) is 8.64. The van der Waals surface area contributed by atoms with Crippen LogP contribution in [0, 0.1) is 0 Å². The molecule has 30 heavy (non-hydrogen) atoms. The van der Waals surface area contributed by atoms with Gasteiger partial charge in [0.15, 0.2) is 0 Å². The number of hydrogen-bond acceptors (Lipinski definition) is 4. The van der Waals surface area contributed by atoms with E-state index in [9.17, 15) is 27.9 Å². The highest BCUT2D eigenvalue weighted by Crippen LogP contribution is 2.56. The van der Waals surface area contributed by atoms with Crippen LogP contribution in [0.25, 0.3) is 0 Å². The summed E-state index contributed by atoms with van der Waals surface area (Å²) in [5, 5.41) is 12.8. The van der Waals surface area contributed by atoms with E-state index in [1.165, 1.54) is 18.2 Å². The minimum absolute atomic E-state index is 0.0204. The SMILES string of the molecule is O=C1OCc2cc(NC(=O)C(O)(CC3(c4cccc(Br)c4)CC3)C(F)(F)F)ccc21. The summed E-state index contributed by atoms with van der Waals surface area (Å²) < 4.78 is 47.3. The molecule has 9 heteroatoms. The van der Waals surface area contributed by atoms with Crippen molar-refractivity contribution < 1.29 is 32.6 Å². The molecule has 1 aliphatic heterocycles. The van der Waals surface area contributed by atoms with Crippen LogP contribution in [0.4, 0.5) is 18.9 Å². The molecule has 2 N–H and O–H groups in total. The smallest absolute Gasteiger partial charge is 0.426 e. The Kier molecular flexibility index (Phi) is 4.93. The zero-order valence-corrected chi connectivity index (χ0v) is 17.1. The van der Waals surface area contributed by atoms with Gasteiger partial charge in [-0.05, 0) is 54.2 Å². The Balaban J connectivity index is 1.61. The van der Waals surface area contributed by atoms with Crippen LogP contribution in [0.3, 0.4) is 0 Å². The number of carbonyl (C=O) groups is 2. The van der Waals surface area contributed by atoms with E-state index in [0.717, 1.165) is 0 Å². The van der Waals surface area contributed by atoms with Crippen LogP contribution in [-0.4, -0.2) is 28.8 Å². The van der Waals surface area contributed by atoms with Gasteiger partial charge in [0.05, 0.1) is 5.56 Å². The van der Waals surface area contributed by atoms with Crippen LogP contribution >= 0.6 is 15.9 Å².